The molecule has 1 aromatic carbocycles. The summed E-state index contributed by atoms with van der Waals surface area (Å²) in [6.07, 6.45) is 2.57. The second-order valence-corrected chi connectivity index (χ2v) is 5.55. The zero-order chi connectivity index (χ0) is 15.8. The smallest absolute Gasteiger partial charge is 0.387 e. The van der Waals surface area contributed by atoms with Crippen LogP contribution in [-0.2, 0) is 4.79 Å². The van der Waals surface area contributed by atoms with Gasteiger partial charge in [0.2, 0.25) is 5.91 Å². The molecule has 2 atom stereocenters. The van der Waals surface area contributed by atoms with Gasteiger partial charge in [0.15, 0.2) is 0 Å². The Morgan fingerprint density at radius 2 is 1.95 bits per heavy atom. The number of nitrogens with one attached hydrogen (secondary N) is 1. The van der Waals surface area contributed by atoms with Crippen molar-refractivity contribution in [2.75, 3.05) is 12.0 Å². The third-order valence-corrected chi connectivity index (χ3v) is 3.58. The second kappa shape index (κ2) is 10.6. The normalized spacial score (nSPS) is 13.2. The molecule has 3 N–H and O–H groups in total. The number of carbonyl (C=O) groups is 1. The van der Waals surface area contributed by atoms with E-state index in [9.17, 15) is 13.6 Å². The highest BCUT2D eigenvalue weighted by Crippen LogP contribution is 2.19. The highest BCUT2D eigenvalue weighted by atomic mass is 35.5. The summed E-state index contributed by atoms with van der Waals surface area (Å²) in [5, 5.41) is 2.80. The molecule has 0 aliphatic heterocycles. The fourth-order valence-corrected chi connectivity index (χ4v) is 2.21. The van der Waals surface area contributed by atoms with E-state index in [2.05, 4.69) is 10.1 Å². The number of alkyl halides is 2. The molecule has 2 unspecified atom stereocenters. The predicted octanol–water partition coefficient (Wildman–Crippen LogP) is 2.97. The average molecular weight is 355 g/mol. The van der Waals surface area contributed by atoms with Crippen molar-refractivity contribution in [3.8, 4) is 5.75 Å². The van der Waals surface area contributed by atoms with E-state index in [1.165, 1.54) is 12.1 Å². The van der Waals surface area contributed by atoms with Crippen molar-refractivity contribution in [3.63, 3.8) is 0 Å². The first kappa shape index (κ1) is 20.9. The van der Waals surface area contributed by atoms with Gasteiger partial charge in [-0.25, -0.2) is 0 Å². The van der Waals surface area contributed by atoms with Crippen molar-refractivity contribution in [2.24, 2.45) is 5.73 Å². The van der Waals surface area contributed by atoms with Crippen molar-refractivity contribution >= 4 is 30.1 Å². The van der Waals surface area contributed by atoms with Crippen LogP contribution in [0.1, 0.15) is 24.9 Å². The number of nitrogens with two attached hydrogens (primary N) is 1. The minimum atomic E-state index is -2.84. The van der Waals surface area contributed by atoms with Gasteiger partial charge in [0.1, 0.15) is 5.75 Å². The van der Waals surface area contributed by atoms with E-state index in [0.717, 1.165) is 11.3 Å². The van der Waals surface area contributed by atoms with Crippen LogP contribution in [-0.4, -0.2) is 30.6 Å². The van der Waals surface area contributed by atoms with Crippen LogP contribution in [0, 0.1) is 0 Å². The number of carbonyl (C=O) groups excluding carboxylic acids is 1. The van der Waals surface area contributed by atoms with E-state index in [1.807, 2.05) is 13.2 Å². The summed E-state index contributed by atoms with van der Waals surface area (Å²) in [5.41, 5.74) is 6.57. The monoisotopic (exact) mass is 354 g/mol. The van der Waals surface area contributed by atoms with Crippen LogP contribution in [0.4, 0.5) is 8.78 Å². The molecule has 0 radical (unpaired) electrons. The van der Waals surface area contributed by atoms with Crippen LogP contribution in [0.2, 0.25) is 0 Å². The zero-order valence-corrected chi connectivity index (χ0v) is 14.1. The Hall–Kier alpha value is -1.05. The lowest BCUT2D eigenvalue weighted by Gasteiger charge is -2.18. The number of ether oxygens (including phenoxy) is 1. The van der Waals surface area contributed by atoms with Gasteiger partial charge < -0.3 is 15.8 Å². The summed E-state index contributed by atoms with van der Waals surface area (Å²) in [6, 6.07) is 5.36. The van der Waals surface area contributed by atoms with Crippen molar-refractivity contribution in [3.05, 3.63) is 29.8 Å². The maximum Gasteiger partial charge on any atom is 0.387 e. The Morgan fingerprint density at radius 1 is 1.36 bits per heavy atom. The average Bonchev–Trinajstić information content (AvgIpc) is 2.44. The van der Waals surface area contributed by atoms with Crippen LogP contribution < -0.4 is 15.8 Å². The van der Waals surface area contributed by atoms with E-state index in [4.69, 9.17) is 5.73 Å². The first-order chi connectivity index (χ1) is 9.93. The van der Waals surface area contributed by atoms with E-state index >= 15 is 0 Å². The second-order valence-electron chi connectivity index (χ2n) is 4.57. The van der Waals surface area contributed by atoms with Crippen LogP contribution in [0.3, 0.4) is 0 Å². The first-order valence-corrected chi connectivity index (χ1v) is 7.93. The quantitative estimate of drug-likeness (QED) is 0.753. The molecule has 0 aliphatic carbocycles. The van der Waals surface area contributed by atoms with E-state index in [-0.39, 0.29) is 30.1 Å². The molecule has 1 aromatic rings. The zero-order valence-electron chi connectivity index (χ0n) is 12.4. The van der Waals surface area contributed by atoms with Crippen LogP contribution >= 0.6 is 24.2 Å². The number of thioether (sulfide) groups is 1. The van der Waals surface area contributed by atoms with Gasteiger partial charge in [0.25, 0.3) is 0 Å². The van der Waals surface area contributed by atoms with Gasteiger partial charge in [0, 0.05) is 0 Å². The summed E-state index contributed by atoms with van der Waals surface area (Å²) in [5.74, 6) is 0.691. The van der Waals surface area contributed by atoms with Gasteiger partial charge >= 0.3 is 6.61 Å². The van der Waals surface area contributed by atoms with E-state index < -0.39 is 12.7 Å². The highest BCUT2D eigenvalue weighted by Gasteiger charge is 2.16. The predicted molar refractivity (Wildman–Crippen MR) is 87.9 cm³/mol. The molecule has 1 amide bonds. The first-order valence-electron chi connectivity index (χ1n) is 6.53. The third-order valence-electron chi connectivity index (χ3n) is 2.93. The highest BCUT2D eigenvalue weighted by molar-refractivity contribution is 7.98. The lowest BCUT2D eigenvalue weighted by molar-refractivity contribution is -0.123. The molecule has 4 nitrogen and oxygen atoms in total. The number of hydrogen-bond donors (Lipinski definition) is 2. The molecule has 0 aliphatic rings. The fourth-order valence-electron chi connectivity index (χ4n) is 1.72. The molecule has 0 heterocycles. The molecule has 1 rings (SSSR count). The Bertz CT molecular complexity index is 449. The van der Waals surface area contributed by atoms with Crippen LogP contribution in [0.5, 0.6) is 5.75 Å². The maximum absolute atomic E-state index is 12.0. The maximum atomic E-state index is 12.0. The number of rotatable bonds is 8. The molecule has 0 fully saturated rings. The number of benzene rings is 1. The van der Waals surface area contributed by atoms with Crippen molar-refractivity contribution in [1.29, 1.82) is 0 Å². The minimum absolute atomic E-state index is 0. The summed E-state index contributed by atoms with van der Waals surface area (Å²) in [7, 11) is 0. The molecule has 0 saturated heterocycles. The fraction of sp³-hybridized carbons (Fsp3) is 0.500. The van der Waals surface area contributed by atoms with E-state index in [1.54, 1.807) is 23.9 Å². The van der Waals surface area contributed by atoms with Gasteiger partial charge in [-0.3, -0.25) is 4.79 Å². The van der Waals surface area contributed by atoms with Gasteiger partial charge in [-0.15, -0.1) is 12.4 Å². The standard InChI is InChI=1S/C14H20F2N2O2S.ClH/c1-9(18-13(19)12(17)7-8-21-2)10-3-5-11(6-4-10)20-14(15)16;/h3-6,9,12,14H,7-8,17H2,1-2H3,(H,18,19);1H. The van der Waals surface area contributed by atoms with Crippen molar-refractivity contribution < 1.29 is 18.3 Å². The molecule has 8 heteroatoms. The number of halogens is 3. The summed E-state index contributed by atoms with van der Waals surface area (Å²) in [6.45, 7) is -1.04. The summed E-state index contributed by atoms with van der Waals surface area (Å²) >= 11 is 1.63. The Labute approximate surface area is 139 Å². The summed E-state index contributed by atoms with van der Waals surface area (Å²) in [4.78, 5) is 11.9. The Kier molecular flexibility index (Phi) is 10.1. The van der Waals surface area contributed by atoms with Gasteiger partial charge in [-0.2, -0.15) is 20.5 Å². The molecular formula is C14H21ClF2N2O2S. The lowest BCUT2D eigenvalue weighted by atomic mass is 10.1. The van der Waals surface area contributed by atoms with Gasteiger partial charge in [-0.05, 0) is 43.0 Å². The molecular weight excluding hydrogens is 334 g/mol. The van der Waals surface area contributed by atoms with Gasteiger partial charge in [0.05, 0.1) is 12.1 Å². The van der Waals surface area contributed by atoms with Crippen LogP contribution in [0.25, 0.3) is 0 Å². The Morgan fingerprint density at radius 3 is 2.45 bits per heavy atom. The Balaban J connectivity index is 0.00000441. The van der Waals surface area contributed by atoms with Crippen molar-refractivity contribution in [2.45, 2.75) is 32.0 Å². The van der Waals surface area contributed by atoms with Crippen molar-refractivity contribution in [1.82, 2.24) is 5.32 Å². The number of hydrogen-bond acceptors (Lipinski definition) is 4. The molecule has 0 spiro atoms. The summed E-state index contributed by atoms with van der Waals surface area (Å²) < 4.78 is 28.4. The molecule has 22 heavy (non-hydrogen) atoms. The topological polar surface area (TPSA) is 64.4 Å². The molecule has 0 saturated carbocycles. The van der Waals surface area contributed by atoms with Gasteiger partial charge in [-0.1, -0.05) is 12.1 Å². The SMILES string of the molecule is CSCCC(N)C(=O)NC(C)c1ccc(OC(F)F)cc1.Cl. The molecule has 0 bridgehead atoms. The minimum Gasteiger partial charge on any atom is -0.435 e. The number of amides is 1. The molecule has 126 valence electrons. The largest absolute Gasteiger partial charge is 0.435 e. The third kappa shape index (κ3) is 7.29. The van der Waals surface area contributed by atoms with Crippen LogP contribution in [0.15, 0.2) is 24.3 Å². The molecule has 0 aromatic heterocycles. The lowest BCUT2D eigenvalue weighted by Crippen LogP contribution is -2.41. The van der Waals surface area contributed by atoms with E-state index in [0.29, 0.717) is 6.42 Å².